The predicted octanol–water partition coefficient (Wildman–Crippen LogP) is 2.74. The fourth-order valence-electron chi connectivity index (χ4n) is 2.59. The standard InChI is InChI=1S/C19H29N5O2.HI/c1-5-20-19(21-10-6-7-15-12-23-24(2)14-15)22-13-16-8-9-17(25-3)11-18(16)26-4;/h8-9,11-12,14H,5-7,10,13H2,1-4H3,(H2,20,21,22);1H. The highest BCUT2D eigenvalue weighted by Gasteiger charge is 2.05. The molecule has 0 aliphatic rings. The molecule has 2 rings (SSSR count). The molecule has 2 aromatic rings. The maximum absolute atomic E-state index is 5.43. The van der Waals surface area contributed by atoms with Gasteiger partial charge in [0.1, 0.15) is 11.5 Å². The second kappa shape index (κ2) is 12.4. The van der Waals surface area contributed by atoms with E-state index in [0.29, 0.717) is 6.54 Å². The number of benzene rings is 1. The van der Waals surface area contributed by atoms with E-state index in [1.165, 1.54) is 5.56 Å². The number of guanidine groups is 1. The van der Waals surface area contributed by atoms with Gasteiger partial charge in [-0.1, -0.05) is 0 Å². The van der Waals surface area contributed by atoms with E-state index in [1.807, 2.05) is 36.1 Å². The summed E-state index contributed by atoms with van der Waals surface area (Å²) in [6, 6.07) is 5.77. The highest BCUT2D eigenvalue weighted by Crippen LogP contribution is 2.25. The van der Waals surface area contributed by atoms with Crippen LogP contribution in [0.25, 0.3) is 0 Å². The van der Waals surface area contributed by atoms with Crippen LogP contribution in [0, 0.1) is 0 Å². The Bertz CT molecular complexity index is 718. The van der Waals surface area contributed by atoms with Crippen molar-refractivity contribution in [2.24, 2.45) is 12.0 Å². The number of nitrogens with zero attached hydrogens (tertiary/aromatic N) is 3. The van der Waals surface area contributed by atoms with Gasteiger partial charge in [0.25, 0.3) is 0 Å². The number of ether oxygens (including phenoxy) is 2. The van der Waals surface area contributed by atoms with Crippen molar-refractivity contribution >= 4 is 29.9 Å². The first-order valence-corrected chi connectivity index (χ1v) is 8.86. The molecule has 0 fully saturated rings. The number of hydrogen-bond donors (Lipinski definition) is 2. The minimum Gasteiger partial charge on any atom is -0.497 e. The smallest absolute Gasteiger partial charge is 0.191 e. The first-order chi connectivity index (χ1) is 12.7. The lowest BCUT2D eigenvalue weighted by Crippen LogP contribution is -2.37. The molecule has 0 unspecified atom stereocenters. The Morgan fingerprint density at radius 3 is 2.67 bits per heavy atom. The Morgan fingerprint density at radius 1 is 1.22 bits per heavy atom. The average molecular weight is 487 g/mol. The van der Waals surface area contributed by atoms with Gasteiger partial charge in [-0.25, -0.2) is 4.99 Å². The molecule has 1 aromatic carbocycles. The minimum absolute atomic E-state index is 0. The monoisotopic (exact) mass is 487 g/mol. The number of aliphatic imine (C=N–C) groups is 1. The number of halogens is 1. The summed E-state index contributed by atoms with van der Waals surface area (Å²) in [4.78, 5) is 4.65. The van der Waals surface area contributed by atoms with Gasteiger partial charge >= 0.3 is 0 Å². The number of aromatic nitrogens is 2. The van der Waals surface area contributed by atoms with Crippen LogP contribution >= 0.6 is 24.0 Å². The minimum atomic E-state index is 0. The Labute approximate surface area is 178 Å². The molecule has 0 saturated heterocycles. The van der Waals surface area contributed by atoms with Crippen LogP contribution in [0.3, 0.4) is 0 Å². The molecule has 0 saturated carbocycles. The van der Waals surface area contributed by atoms with Crippen molar-refractivity contribution in [1.82, 2.24) is 20.4 Å². The molecule has 150 valence electrons. The molecule has 0 amide bonds. The molecular formula is C19H30IN5O2. The van der Waals surface area contributed by atoms with Gasteiger partial charge in [-0.2, -0.15) is 5.10 Å². The van der Waals surface area contributed by atoms with Gasteiger partial charge in [-0.3, -0.25) is 4.68 Å². The largest absolute Gasteiger partial charge is 0.497 e. The topological polar surface area (TPSA) is 72.7 Å². The third kappa shape index (κ3) is 7.66. The fourth-order valence-corrected chi connectivity index (χ4v) is 2.59. The zero-order chi connectivity index (χ0) is 18.8. The van der Waals surface area contributed by atoms with Crippen LogP contribution in [0.5, 0.6) is 11.5 Å². The lowest BCUT2D eigenvalue weighted by molar-refractivity contribution is 0.391. The summed E-state index contributed by atoms with van der Waals surface area (Å²) >= 11 is 0. The van der Waals surface area contributed by atoms with Crippen LogP contribution in [-0.2, 0) is 20.0 Å². The number of hydrogen-bond acceptors (Lipinski definition) is 4. The molecule has 1 heterocycles. The second-order valence-corrected chi connectivity index (χ2v) is 5.93. The van der Waals surface area contributed by atoms with Crippen molar-refractivity contribution in [3.05, 3.63) is 41.7 Å². The lowest BCUT2D eigenvalue weighted by atomic mass is 10.2. The molecule has 0 radical (unpaired) electrons. The maximum Gasteiger partial charge on any atom is 0.191 e. The summed E-state index contributed by atoms with van der Waals surface area (Å²) in [5.41, 5.74) is 2.26. The molecule has 0 aliphatic heterocycles. The van der Waals surface area contributed by atoms with E-state index in [2.05, 4.69) is 33.8 Å². The van der Waals surface area contributed by atoms with Crippen molar-refractivity contribution in [1.29, 1.82) is 0 Å². The summed E-state index contributed by atoms with van der Waals surface area (Å²) in [6.07, 6.45) is 5.97. The van der Waals surface area contributed by atoms with Crippen LogP contribution in [-0.4, -0.2) is 43.0 Å². The van der Waals surface area contributed by atoms with Crippen LogP contribution in [0.4, 0.5) is 0 Å². The summed E-state index contributed by atoms with van der Waals surface area (Å²) in [5, 5.41) is 10.8. The zero-order valence-corrected chi connectivity index (χ0v) is 18.8. The van der Waals surface area contributed by atoms with Gasteiger partial charge in [-0.05, 0) is 37.5 Å². The van der Waals surface area contributed by atoms with Gasteiger partial charge < -0.3 is 20.1 Å². The van der Waals surface area contributed by atoms with E-state index < -0.39 is 0 Å². The second-order valence-electron chi connectivity index (χ2n) is 5.93. The van der Waals surface area contributed by atoms with Crippen LogP contribution in [0.1, 0.15) is 24.5 Å². The summed E-state index contributed by atoms with van der Waals surface area (Å²) < 4.78 is 12.5. The van der Waals surface area contributed by atoms with E-state index in [1.54, 1.807) is 14.2 Å². The summed E-state index contributed by atoms with van der Waals surface area (Å²) in [6.45, 7) is 4.25. The van der Waals surface area contributed by atoms with Gasteiger partial charge in [0.15, 0.2) is 5.96 Å². The Kier molecular flexibility index (Phi) is 10.6. The molecule has 1 aromatic heterocycles. The number of methoxy groups -OCH3 is 2. The van der Waals surface area contributed by atoms with Gasteiger partial charge in [0.2, 0.25) is 0 Å². The summed E-state index contributed by atoms with van der Waals surface area (Å²) in [5.74, 6) is 2.35. The number of rotatable bonds is 9. The zero-order valence-electron chi connectivity index (χ0n) is 16.5. The SMILES string of the molecule is CCNC(=NCc1ccc(OC)cc1OC)NCCCc1cnn(C)c1.I. The average Bonchev–Trinajstić information content (AvgIpc) is 3.08. The molecular weight excluding hydrogens is 457 g/mol. The number of nitrogens with one attached hydrogen (secondary N) is 2. The lowest BCUT2D eigenvalue weighted by Gasteiger charge is -2.12. The van der Waals surface area contributed by atoms with Crippen molar-refractivity contribution in [3.63, 3.8) is 0 Å². The van der Waals surface area contributed by atoms with Crippen molar-refractivity contribution in [2.75, 3.05) is 27.3 Å². The summed E-state index contributed by atoms with van der Waals surface area (Å²) in [7, 11) is 5.24. The van der Waals surface area contributed by atoms with Crippen LogP contribution in [0.2, 0.25) is 0 Å². The predicted molar refractivity (Wildman–Crippen MR) is 119 cm³/mol. The van der Waals surface area contributed by atoms with Gasteiger partial charge in [0, 0.05) is 38.0 Å². The Morgan fingerprint density at radius 2 is 2.04 bits per heavy atom. The highest BCUT2D eigenvalue weighted by molar-refractivity contribution is 14.0. The quantitative estimate of drug-likeness (QED) is 0.246. The van der Waals surface area contributed by atoms with Crippen molar-refractivity contribution < 1.29 is 9.47 Å². The maximum atomic E-state index is 5.43. The van der Waals surface area contributed by atoms with Crippen LogP contribution in [0.15, 0.2) is 35.6 Å². The molecule has 0 bridgehead atoms. The van der Waals surface area contributed by atoms with E-state index >= 15 is 0 Å². The molecule has 0 atom stereocenters. The third-order valence-corrected chi connectivity index (χ3v) is 3.94. The first-order valence-electron chi connectivity index (χ1n) is 8.86. The normalized spacial score (nSPS) is 10.9. The van der Waals surface area contributed by atoms with E-state index in [0.717, 1.165) is 49.0 Å². The van der Waals surface area contributed by atoms with E-state index in [4.69, 9.17) is 9.47 Å². The van der Waals surface area contributed by atoms with E-state index in [9.17, 15) is 0 Å². The molecule has 0 spiro atoms. The van der Waals surface area contributed by atoms with Gasteiger partial charge in [-0.15, -0.1) is 24.0 Å². The third-order valence-electron chi connectivity index (χ3n) is 3.94. The molecule has 2 N–H and O–H groups in total. The fraction of sp³-hybridized carbons (Fsp3) is 0.474. The molecule has 27 heavy (non-hydrogen) atoms. The van der Waals surface area contributed by atoms with E-state index in [-0.39, 0.29) is 24.0 Å². The molecule has 7 nitrogen and oxygen atoms in total. The molecule has 0 aliphatic carbocycles. The Balaban J connectivity index is 0.00000364. The molecule has 8 heteroatoms. The highest BCUT2D eigenvalue weighted by atomic mass is 127. The van der Waals surface area contributed by atoms with Crippen molar-refractivity contribution in [3.8, 4) is 11.5 Å². The first kappa shape index (κ1) is 23.1. The van der Waals surface area contributed by atoms with Crippen LogP contribution < -0.4 is 20.1 Å². The van der Waals surface area contributed by atoms with Gasteiger partial charge in [0.05, 0.1) is 27.0 Å². The van der Waals surface area contributed by atoms with Crippen molar-refractivity contribution in [2.45, 2.75) is 26.3 Å². The Hall–Kier alpha value is -1.97. The number of aryl methyl sites for hydroxylation is 2.